The minimum Gasteiger partial charge on any atom is -0.379 e. The number of hydrogen-bond donors (Lipinski definition) is 0. The summed E-state index contributed by atoms with van der Waals surface area (Å²) in [5, 5.41) is 3.50. The van der Waals surface area contributed by atoms with Crippen molar-refractivity contribution >= 4 is 33.3 Å². The topological polar surface area (TPSA) is 78.3 Å². The van der Waals surface area contributed by atoms with Gasteiger partial charge in [-0.3, -0.25) is 4.79 Å². The van der Waals surface area contributed by atoms with Crippen LogP contribution in [0.1, 0.15) is 5.56 Å². The van der Waals surface area contributed by atoms with Crippen LogP contribution in [-0.2, 0) is 16.3 Å². The molecule has 0 aliphatic carbocycles. The Balaban J connectivity index is 1.90. The van der Waals surface area contributed by atoms with Gasteiger partial charge in [0.2, 0.25) is 0 Å². The molecule has 0 amide bonds. The van der Waals surface area contributed by atoms with Crippen molar-refractivity contribution in [2.75, 3.05) is 0 Å². The molecule has 6 nitrogen and oxygen atoms in total. The molecule has 0 bridgehead atoms. The van der Waals surface area contributed by atoms with Crippen LogP contribution < -0.4 is 9.74 Å². The van der Waals surface area contributed by atoms with E-state index in [9.17, 15) is 26.4 Å². The largest absolute Gasteiger partial charge is 0.416 e. The highest BCUT2D eigenvalue weighted by atomic mass is 35.5. The first kappa shape index (κ1) is 21.2. The van der Waals surface area contributed by atoms with Crippen LogP contribution in [0, 0.1) is 0 Å². The Labute approximate surface area is 172 Å². The second-order valence-corrected chi connectivity index (χ2v) is 7.91. The van der Waals surface area contributed by atoms with E-state index in [-0.39, 0.29) is 20.6 Å². The molecule has 0 unspecified atom stereocenters. The van der Waals surface area contributed by atoms with Crippen molar-refractivity contribution in [2.45, 2.75) is 11.1 Å². The van der Waals surface area contributed by atoms with E-state index in [4.69, 9.17) is 27.4 Å². The molecular weight excluding hydrogens is 456 g/mol. The second-order valence-electron chi connectivity index (χ2n) is 5.58. The van der Waals surface area contributed by atoms with Gasteiger partial charge in [0.1, 0.15) is 15.7 Å². The first-order valence-corrected chi connectivity index (χ1v) is 9.81. The minimum atomic E-state index is -4.65. The third kappa shape index (κ3) is 4.55. The summed E-state index contributed by atoms with van der Waals surface area (Å²) in [6.45, 7) is 0. The lowest BCUT2D eigenvalue weighted by molar-refractivity contribution is -0.137. The van der Waals surface area contributed by atoms with Crippen LogP contribution in [0.3, 0.4) is 0 Å². The van der Waals surface area contributed by atoms with Crippen molar-refractivity contribution < 1.29 is 25.8 Å². The fourth-order valence-corrected chi connectivity index (χ4v) is 3.43. The molecule has 152 valence electrons. The van der Waals surface area contributed by atoms with Gasteiger partial charge in [0.25, 0.3) is 5.56 Å². The minimum absolute atomic E-state index is 0.0402. The molecule has 1 aromatic heterocycles. The maximum Gasteiger partial charge on any atom is 0.416 e. The molecule has 0 atom stereocenters. The first-order valence-electron chi connectivity index (χ1n) is 7.64. The van der Waals surface area contributed by atoms with Crippen molar-refractivity contribution in [3.05, 3.63) is 80.7 Å². The van der Waals surface area contributed by atoms with Crippen molar-refractivity contribution in [3.63, 3.8) is 0 Å². The van der Waals surface area contributed by atoms with E-state index in [1.807, 2.05) is 0 Å². The zero-order valence-corrected chi connectivity index (χ0v) is 16.3. The van der Waals surface area contributed by atoms with Crippen LogP contribution >= 0.6 is 23.2 Å². The van der Waals surface area contributed by atoms with Gasteiger partial charge in [-0.25, -0.2) is 0 Å². The molecule has 2 aromatic carbocycles. The summed E-state index contributed by atoms with van der Waals surface area (Å²) in [5.41, 5.74) is -1.58. The van der Waals surface area contributed by atoms with Crippen LogP contribution in [0.15, 0.2) is 64.4 Å². The summed E-state index contributed by atoms with van der Waals surface area (Å²) in [4.78, 5) is 11.7. The molecule has 29 heavy (non-hydrogen) atoms. The second kappa shape index (κ2) is 7.69. The Morgan fingerprint density at radius 1 is 1.03 bits per heavy atom. The first-order chi connectivity index (χ1) is 13.5. The fraction of sp³-hybridized carbons (Fsp3) is 0.0588. The molecule has 0 saturated heterocycles. The van der Waals surface area contributed by atoms with Gasteiger partial charge >= 0.3 is 16.3 Å². The predicted molar refractivity (Wildman–Crippen MR) is 99.1 cm³/mol. The van der Waals surface area contributed by atoms with Gasteiger partial charge in [-0.2, -0.15) is 31.4 Å². The van der Waals surface area contributed by atoms with Crippen molar-refractivity contribution in [1.29, 1.82) is 0 Å². The molecule has 1 heterocycles. The molecule has 0 aliphatic rings. The van der Waals surface area contributed by atoms with Gasteiger partial charge in [-0.05, 0) is 42.5 Å². The smallest absolute Gasteiger partial charge is 0.379 e. The maximum absolute atomic E-state index is 12.8. The van der Waals surface area contributed by atoms with E-state index in [1.165, 1.54) is 12.1 Å². The highest BCUT2D eigenvalue weighted by molar-refractivity contribution is 7.87. The number of aromatic nitrogens is 2. The molecule has 0 N–H and O–H groups in total. The van der Waals surface area contributed by atoms with E-state index in [0.29, 0.717) is 6.07 Å². The summed E-state index contributed by atoms with van der Waals surface area (Å²) in [5.74, 6) is -0.494. The highest BCUT2D eigenvalue weighted by Gasteiger charge is 2.31. The van der Waals surface area contributed by atoms with Gasteiger partial charge < -0.3 is 4.18 Å². The van der Waals surface area contributed by atoms with E-state index < -0.39 is 33.2 Å². The maximum atomic E-state index is 12.8. The monoisotopic (exact) mass is 464 g/mol. The molecule has 0 aliphatic heterocycles. The Hall–Kier alpha value is -2.56. The molecule has 0 fully saturated rings. The van der Waals surface area contributed by atoms with Crippen LogP contribution in [-0.4, -0.2) is 18.2 Å². The number of nitrogens with zero attached hydrogens (tertiary/aromatic N) is 2. The van der Waals surface area contributed by atoms with E-state index in [2.05, 4.69) is 5.10 Å². The summed E-state index contributed by atoms with van der Waals surface area (Å²) in [7, 11) is -4.42. The van der Waals surface area contributed by atoms with Gasteiger partial charge in [-0.15, -0.1) is 0 Å². The number of benzene rings is 2. The third-order valence-corrected chi connectivity index (χ3v) is 5.62. The van der Waals surface area contributed by atoms with Crippen molar-refractivity contribution in [2.24, 2.45) is 0 Å². The predicted octanol–water partition coefficient (Wildman–Crippen LogP) is 4.33. The van der Waals surface area contributed by atoms with Crippen molar-refractivity contribution in [3.8, 4) is 11.4 Å². The molecule has 12 heteroatoms. The molecule has 0 saturated carbocycles. The third-order valence-electron chi connectivity index (χ3n) is 3.61. The normalized spacial score (nSPS) is 12.0. The van der Waals surface area contributed by atoms with Crippen LogP contribution in [0.4, 0.5) is 13.2 Å². The Kier molecular flexibility index (Phi) is 5.61. The van der Waals surface area contributed by atoms with E-state index in [1.54, 1.807) is 0 Å². The van der Waals surface area contributed by atoms with Gasteiger partial charge in [0.15, 0.2) is 0 Å². The summed E-state index contributed by atoms with van der Waals surface area (Å²) in [6, 6.07) is 8.19. The SMILES string of the molecule is O=c1c(Cl)c(Cl)cnn1-c1ccc(S(=O)(=O)Oc2cccc(C(F)(F)F)c2)cc1. The molecule has 0 radical (unpaired) electrons. The van der Waals surface area contributed by atoms with Gasteiger partial charge in [0.05, 0.1) is 22.5 Å². The Bertz CT molecular complexity index is 1230. The number of alkyl halides is 3. The lowest BCUT2D eigenvalue weighted by Crippen LogP contribution is -2.21. The number of halogens is 5. The summed E-state index contributed by atoms with van der Waals surface area (Å²) in [6.07, 6.45) is -3.50. The quantitative estimate of drug-likeness (QED) is 0.537. The van der Waals surface area contributed by atoms with Crippen molar-refractivity contribution in [1.82, 2.24) is 9.78 Å². The van der Waals surface area contributed by atoms with Gasteiger partial charge in [-0.1, -0.05) is 29.3 Å². The molecule has 3 aromatic rings. The average Bonchev–Trinajstić information content (AvgIpc) is 2.66. The van der Waals surface area contributed by atoms with Gasteiger partial charge in [0, 0.05) is 0 Å². The molecule has 0 spiro atoms. The van der Waals surface area contributed by atoms with E-state index >= 15 is 0 Å². The lowest BCUT2D eigenvalue weighted by Gasteiger charge is -2.11. The van der Waals surface area contributed by atoms with E-state index in [0.717, 1.165) is 41.2 Å². The standard InChI is InChI=1S/C17H9Cl2F3N2O4S/c18-14-9-23-24(16(25)15(14)19)11-4-6-13(7-5-11)29(26,27)28-12-3-1-2-10(8-12)17(20,21)22/h1-9H. The fourth-order valence-electron chi connectivity index (χ4n) is 2.25. The summed E-state index contributed by atoms with van der Waals surface area (Å²) < 4.78 is 68.7. The van der Waals surface area contributed by atoms with Crippen LogP contribution in [0.2, 0.25) is 10.0 Å². The summed E-state index contributed by atoms with van der Waals surface area (Å²) >= 11 is 11.5. The highest BCUT2D eigenvalue weighted by Crippen LogP contribution is 2.32. The van der Waals surface area contributed by atoms with Crippen LogP contribution in [0.5, 0.6) is 5.75 Å². The Morgan fingerprint density at radius 2 is 1.69 bits per heavy atom. The molecular formula is C17H9Cl2F3N2O4S. The average molecular weight is 465 g/mol. The zero-order chi connectivity index (χ0) is 21.4. The Morgan fingerprint density at radius 3 is 2.31 bits per heavy atom. The van der Waals surface area contributed by atoms with Crippen LogP contribution in [0.25, 0.3) is 5.69 Å². The number of hydrogen-bond acceptors (Lipinski definition) is 5. The zero-order valence-electron chi connectivity index (χ0n) is 14.0. The number of rotatable bonds is 4. The molecule has 3 rings (SSSR count). The lowest BCUT2D eigenvalue weighted by atomic mass is 10.2.